The lowest BCUT2D eigenvalue weighted by Gasteiger charge is -2.21. The first-order valence-corrected chi connectivity index (χ1v) is 6.21. The molecule has 1 aromatic rings. The van der Waals surface area contributed by atoms with E-state index in [0.717, 1.165) is 0 Å². The Balaban J connectivity index is 0.00000162. The first-order valence-electron chi connectivity index (χ1n) is 6.21. The van der Waals surface area contributed by atoms with Gasteiger partial charge in [0.05, 0.1) is 12.1 Å². The number of amides is 1. The summed E-state index contributed by atoms with van der Waals surface area (Å²) >= 11 is 0. The molecule has 1 unspecified atom stereocenters. The van der Waals surface area contributed by atoms with Crippen LogP contribution in [0.2, 0.25) is 0 Å². The molecule has 1 aliphatic carbocycles. The van der Waals surface area contributed by atoms with Crippen LogP contribution in [0.1, 0.15) is 36.9 Å². The highest BCUT2D eigenvalue weighted by atomic mass is 35.5. The van der Waals surface area contributed by atoms with Gasteiger partial charge in [0.15, 0.2) is 0 Å². The molecule has 3 N–H and O–H groups in total. The van der Waals surface area contributed by atoms with Crippen molar-refractivity contribution in [2.75, 3.05) is 0 Å². The summed E-state index contributed by atoms with van der Waals surface area (Å²) in [6, 6.07) is 7.92. The summed E-state index contributed by atoms with van der Waals surface area (Å²) in [6.45, 7) is 3.81. The van der Waals surface area contributed by atoms with Crippen LogP contribution in [0.3, 0.4) is 0 Å². The van der Waals surface area contributed by atoms with Crippen molar-refractivity contribution < 1.29 is 4.79 Å². The van der Waals surface area contributed by atoms with Gasteiger partial charge in [-0.25, -0.2) is 0 Å². The van der Waals surface area contributed by atoms with Crippen molar-refractivity contribution in [2.45, 2.75) is 38.8 Å². The largest absolute Gasteiger partial charge is 0.348 e. The normalized spacial score (nSPS) is 17.5. The number of hydrogen-bond donors (Lipinski definition) is 2. The monoisotopic (exact) mass is 268 g/mol. The molecule has 1 amide bonds. The molecule has 100 valence electrons. The number of nitrogens with two attached hydrogens (primary N) is 1. The standard InChI is InChI=1S/C14H20N2O.ClH/c1-9-5-3-4-6-12(9)13(11-7-8-11)16-14(17)10(2)15;/h3-6,10-11,13H,7-8,15H2,1-2H3,(H,16,17);1H/t10-,13?;/m1./s1. The lowest BCUT2D eigenvalue weighted by Crippen LogP contribution is -2.41. The van der Waals surface area contributed by atoms with E-state index in [1.807, 2.05) is 12.1 Å². The first kappa shape index (κ1) is 15.0. The Kier molecular flexibility index (Phi) is 5.17. The molecule has 18 heavy (non-hydrogen) atoms. The maximum Gasteiger partial charge on any atom is 0.237 e. The molecule has 1 fully saturated rings. The Bertz CT molecular complexity index is 416. The van der Waals surface area contributed by atoms with E-state index in [1.165, 1.54) is 24.0 Å². The molecule has 0 aliphatic heterocycles. The maximum absolute atomic E-state index is 11.7. The van der Waals surface area contributed by atoms with Gasteiger partial charge in [0.2, 0.25) is 5.91 Å². The Morgan fingerprint density at radius 2 is 2.00 bits per heavy atom. The van der Waals surface area contributed by atoms with Gasteiger partial charge in [0.25, 0.3) is 0 Å². The Labute approximate surface area is 115 Å². The third-order valence-corrected chi connectivity index (χ3v) is 3.33. The van der Waals surface area contributed by atoms with E-state index < -0.39 is 6.04 Å². The van der Waals surface area contributed by atoms with Crippen LogP contribution in [0.15, 0.2) is 24.3 Å². The van der Waals surface area contributed by atoms with E-state index in [0.29, 0.717) is 5.92 Å². The van der Waals surface area contributed by atoms with E-state index in [2.05, 4.69) is 24.4 Å². The summed E-state index contributed by atoms with van der Waals surface area (Å²) in [5.74, 6) is 0.518. The molecule has 0 heterocycles. The molecule has 0 aromatic heterocycles. The number of halogens is 1. The van der Waals surface area contributed by atoms with Crippen LogP contribution in [-0.2, 0) is 4.79 Å². The van der Waals surface area contributed by atoms with Crippen molar-refractivity contribution in [3.8, 4) is 0 Å². The molecule has 2 rings (SSSR count). The summed E-state index contributed by atoms with van der Waals surface area (Å²) in [6.07, 6.45) is 2.39. The lowest BCUT2D eigenvalue weighted by atomic mass is 9.97. The average molecular weight is 269 g/mol. The zero-order valence-electron chi connectivity index (χ0n) is 10.8. The molecule has 0 radical (unpaired) electrons. The van der Waals surface area contributed by atoms with E-state index in [1.54, 1.807) is 6.92 Å². The number of hydrogen-bond acceptors (Lipinski definition) is 2. The summed E-state index contributed by atoms with van der Waals surface area (Å²) in [5, 5.41) is 3.07. The molecule has 4 heteroatoms. The van der Waals surface area contributed by atoms with Crippen LogP contribution in [0, 0.1) is 12.8 Å². The summed E-state index contributed by atoms with van der Waals surface area (Å²) in [7, 11) is 0. The highest BCUT2D eigenvalue weighted by Crippen LogP contribution is 2.41. The Hall–Kier alpha value is -1.06. The molecule has 2 atom stereocenters. The van der Waals surface area contributed by atoms with Gasteiger partial charge in [0.1, 0.15) is 0 Å². The third-order valence-electron chi connectivity index (χ3n) is 3.33. The van der Waals surface area contributed by atoms with Gasteiger partial charge in [-0.1, -0.05) is 24.3 Å². The van der Waals surface area contributed by atoms with Gasteiger partial charge in [-0.3, -0.25) is 4.79 Å². The van der Waals surface area contributed by atoms with Crippen molar-refractivity contribution >= 4 is 18.3 Å². The zero-order valence-corrected chi connectivity index (χ0v) is 11.7. The lowest BCUT2D eigenvalue weighted by molar-refractivity contribution is -0.122. The van der Waals surface area contributed by atoms with Crippen molar-refractivity contribution in [1.82, 2.24) is 5.32 Å². The van der Waals surface area contributed by atoms with Gasteiger partial charge >= 0.3 is 0 Å². The van der Waals surface area contributed by atoms with Crippen molar-refractivity contribution in [3.05, 3.63) is 35.4 Å². The van der Waals surface area contributed by atoms with Crippen LogP contribution >= 0.6 is 12.4 Å². The van der Waals surface area contributed by atoms with Gasteiger partial charge in [-0.15, -0.1) is 12.4 Å². The van der Waals surface area contributed by atoms with Gasteiger partial charge in [0, 0.05) is 0 Å². The van der Waals surface area contributed by atoms with Gasteiger partial charge < -0.3 is 11.1 Å². The van der Waals surface area contributed by atoms with Gasteiger partial charge in [-0.2, -0.15) is 0 Å². The highest BCUT2D eigenvalue weighted by molar-refractivity contribution is 5.85. The number of aryl methyl sites for hydroxylation is 1. The number of nitrogens with one attached hydrogen (secondary N) is 1. The number of carbonyl (C=O) groups is 1. The van der Waals surface area contributed by atoms with E-state index >= 15 is 0 Å². The SMILES string of the molecule is Cc1ccccc1C(NC(=O)[C@@H](C)N)C1CC1.Cl. The Morgan fingerprint density at radius 1 is 1.39 bits per heavy atom. The van der Waals surface area contributed by atoms with Gasteiger partial charge in [-0.05, 0) is 43.7 Å². The minimum absolute atomic E-state index is 0. The molecule has 3 nitrogen and oxygen atoms in total. The molecule has 0 saturated heterocycles. The fourth-order valence-corrected chi connectivity index (χ4v) is 2.10. The minimum atomic E-state index is -0.444. The smallest absolute Gasteiger partial charge is 0.237 e. The minimum Gasteiger partial charge on any atom is -0.348 e. The molecular formula is C14H21ClN2O. The molecular weight excluding hydrogens is 248 g/mol. The number of carbonyl (C=O) groups excluding carboxylic acids is 1. The van der Waals surface area contributed by atoms with E-state index in [4.69, 9.17) is 5.73 Å². The number of benzene rings is 1. The molecule has 0 spiro atoms. The second-order valence-corrected chi connectivity index (χ2v) is 4.97. The fraction of sp³-hybridized carbons (Fsp3) is 0.500. The first-order chi connectivity index (χ1) is 8.09. The molecule has 1 aliphatic rings. The van der Waals surface area contributed by atoms with E-state index in [9.17, 15) is 4.79 Å². The highest BCUT2D eigenvalue weighted by Gasteiger charge is 2.34. The number of rotatable bonds is 4. The Morgan fingerprint density at radius 3 is 2.50 bits per heavy atom. The van der Waals surface area contributed by atoms with E-state index in [-0.39, 0.29) is 24.4 Å². The molecule has 1 aromatic carbocycles. The van der Waals surface area contributed by atoms with Crippen molar-refractivity contribution in [3.63, 3.8) is 0 Å². The average Bonchev–Trinajstić information content (AvgIpc) is 3.10. The van der Waals surface area contributed by atoms with Crippen LogP contribution < -0.4 is 11.1 Å². The molecule has 1 saturated carbocycles. The van der Waals surface area contributed by atoms with Crippen LogP contribution in [0.25, 0.3) is 0 Å². The van der Waals surface area contributed by atoms with Crippen molar-refractivity contribution in [2.24, 2.45) is 11.7 Å². The topological polar surface area (TPSA) is 55.1 Å². The predicted octanol–water partition coefficient (Wildman–Crippen LogP) is 2.33. The zero-order chi connectivity index (χ0) is 12.4. The second-order valence-electron chi connectivity index (χ2n) is 4.97. The fourth-order valence-electron chi connectivity index (χ4n) is 2.10. The predicted molar refractivity (Wildman–Crippen MR) is 75.7 cm³/mol. The van der Waals surface area contributed by atoms with Crippen LogP contribution in [-0.4, -0.2) is 11.9 Å². The second kappa shape index (κ2) is 6.21. The third kappa shape index (κ3) is 3.47. The van der Waals surface area contributed by atoms with Crippen LogP contribution in [0.5, 0.6) is 0 Å². The maximum atomic E-state index is 11.7. The summed E-state index contributed by atoms with van der Waals surface area (Å²) < 4.78 is 0. The van der Waals surface area contributed by atoms with Crippen LogP contribution in [0.4, 0.5) is 0 Å². The quantitative estimate of drug-likeness (QED) is 0.881. The summed E-state index contributed by atoms with van der Waals surface area (Å²) in [5.41, 5.74) is 8.07. The summed E-state index contributed by atoms with van der Waals surface area (Å²) in [4.78, 5) is 11.7. The molecule has 0 bridgehead atoms. The van der Waals surface area contributed by atoms with Crippen molar-refractivity contribution in [1.29, 1.82) is 0 Å².